The molecule has 0 aliphatic carbocycles. The quantitative estimate of drug-likeness (QED) is 0.763. The van der Waals surface area contributed by atoms with Crippen LogP contribution in [0, 0.1) is 0 Å². The van der Waals surface area contributed by atoms with Crippen LogP contribution in [0.3, 0.4) is 0 Å². The number of amides is 1. The topological polar surface area (TPSA) is 83.7 Å². The van der Waals surface area contributed by atoms with Gasteiger partial charge in [-0.3, -0.25) is 9.59 Å². The van der Waals surface area contributed by atoms with Crippen LogP contribution in [-0.2, 0) is 9.47 Å². The van der Waals surface area contributed by atoms with Crippen LogP contribution in [0.25, 0.3) is 0 Å². The van der Waals surface area contributed by atoms with Crippen molar-refractivity contribution in [3.63, 3.8) is 0 Å². The predicted octanol–water partition coefficient (Wildman–Crippen LogP) is -0.160. The van der Waals surface area contributed by atoms with Crippen molar-refractivity contribution in [2.24, 2.45) is 0 Å². The first-order valence-corrected chi connectivity index (χ1v) is 7.40. The molecule has 0 saturated carbocycles. The van der Waals surface area contributed by atoms with Crippen molar-refractivity contribution >= 4 is 5.91 Å². The fraction of sp³-hybridized carbons (Fsp3) is 0.600. The van der Waals surface area contributed by atoms with Gasteiger partial charge in [-0.1, -0.05) is 0 Å². The molecular formula is C15H23N3O4. The summed E-state index contributed by atoms with van der Waals surface area (Å²) in [5.41, 5.74) is -0.279. The summed E-state index contributed by atoms with van der Waals surface area (Å²) in [6.45, 7) is 2.39. The third kappa shape index (κ3) is 4.66. The average molecular weight is 309 g/mol. The number of rotatable bonds is 6. The third-order valence-electron chi connectivity index (χ3n) is 3.55. The van der Waals surface area contributed by atoms with Gasteiger partial charge in [0.2, 0.25) is 0 Å². The maximum atomic E-state index is 12.2. The lowest BCUT2D eigenvalue weighted by Gasteiger charge is -2.32. The highest BCUT2D eigenvalue weighted by Gasteiger charge is 2.28. The van der Waals surface area contributed by atoms with Crippen LogP contribution in [0.4, 0.5) is 0 Å². The molecule has 0 spiro atoms. The van der Waals surface area contributed by atoms with E-state index >= 15 is 0 Å². The second-order valence-corrected chi connectivity index (χ2v) is 5.57. The van der Waals surface area contributed by atoms with Crippen LogP contribution in [0.2, 0.25) is 0 Å². The Hall–Kier alpha value is -1.70. The number of aromatic amines is 1. The first-order chi connectivity index (χ1) is 10.6. The van der Waals surface area contributed by atoms with Gasteiger partial charge in [0.15, 0.2) is 0 Å². The van der Waals surface area contributed by atoms with Crippen LogP contribution in [0.5, 0.6) is 0 Å². The molecule has 1 aromatic heterocycles. The van der Waals surface area contributed by atoms with Gasteiger partial charge >= 0.3 is 0 Å². The summed E-state index contributed by atoms with van der Waals surface area (Å²) >= 11 is 0. The van der Waals surface area contributed by atoms with Crippen molar-refractivity contribution in [2.45, 2.75) is 18.6 Å². The van der Waals surface area contributed by atoms with Gasteiger partial charge in [-0.05, 0) is 32.6 Å². The predicted molar refractivity (Wildman–Crippen MR) is 82.0 cm³/mol. The molecule has 2 N–H and O–H groups in total. The Kier molecular flexibility index (Phi) is 6.11. The normalized spacial score (nSPS) is 21.8. The number of hydrogen-bond acceptors (Lipinski definition) is 5. The Morgan fingerprint density at radius 2 is 2.36 bits per heavy atom. The number of ether oxygens (including phenoxy) is 2. The molecule has 1 aliphatic heterocycles. The second kappa shape index (κ2) is 8.07. The molecule has 7 heteroatoms. The summed E-state index contributed by atoms with van der Waals surface area (Å²) < 4.78 is 11.2. The van der Waals surface area contributed by atoms with E-state index in [2.05, 4.69) is 10.3 Å². The Morgan fingerprint density at radius 3 is 3.09 bits per heavy atom. The van der Waals surface area contributed by atoms with Gasteiger partial charge in [0, 0.05) is 19.3 Å². The second-order valence-electron chi connectivity index (χ2n) is 5.57. The molecule has 1 fully saturated rings. The number of likely N-dealkylation sites (N-methyl/N-ethyl adjacent to an activating group) is 1. The smallest absolute Gasteiger partial charge is 0.260 e. The Balaban J connectivity index is 1.95. The lowest BCUT2D eigenvalue weighted by Crippen LogP contribution is -2.51. The maximum absolute atomic E-state index is 12.2. The summed E-state index contributed by atoms with van der Waals surface area (Å²) in [7, 11) is 3.95. The molecule has 1 amide bonds. The summed E-state index contributed by atoms with van der Waals surface area (Å²) in [6, 6.07) is 2.99. The van der Waals surface area contributed by atoms with Crippen LogP contribution in [0.1, 0.15) is 16.8 Å². The van der Waals surface area contributed by atoms with Gasteiger partial charge in [-0.15, -0.1) is 0 Å². The largest absolute Gasteiger partial charge is 0.379 e. The summed E-state index contributed by atoms with van der Waals surface area (Å²) in [5, 5.41) is 2.89. The minimum absolute atomic E-state index is 0.112. The van der Waals surface area contributed by atoms with E-state index in [1.165, 1.54) is 12.3 Å². The summed E-state index contributed by atoms with van der Waals surface area (Å²) in [5.74, 6) is -0.380. The van der Waals surface area contributed by atoms with Gasteiger partial charge in [-0.2, -0.15) is 0 Å². The van der Waals surface area contributed by atoms with Gasteiger partial charge in [-0.25, -0.2) is 0 Å². The molecule has 0 radical (unpaired) electrons. The third-order valence-corrected chi connectivity index (χ3v) is 3.55. The average Bonchev–Trinajstić information content (AvgIpc) is 2.49. The zero-order chi connectivity index (χ0) is 15.9. The summed E-state index contributed by atoms with van der Waals surface area (Å²) in [6.07, 6.45) is 1.98. The molecule has 0 bridgehead atoms. The Morgan fingerprint density at radius 1 is 1.55 bits per heavy atom. The zero-order valence-electron chi connectivity index (χ0n) is 13.0. The van der Waals surface area contributed by atoms with Gasteiger partial charge in [0.25, 0.3) is 11.5 Å². The highest BCUT2D eigenvalue weighted by molar-refractivity contribution is 5.93. The minimum atomic E-state index is -0.392. The highest BCUT2D eigenvalue weighted by Crippen LogP contribution is 2.12. The molecule has 1 aliphatic rings. The van der Waals surface area contributed by atoms with Crippen molar-refractivity contribution < 1.29 is 14.3 Å². The van der Waals surface area contributed by atoms with E-state index < -0.39 is 5.56 Å². The number of aromatic nitrogens is 1. The lowest BCUT2D eigenvalue weighted by molar-refractivity contribution is -0.0691. The van der Waals surface area contributed by atoms with Crippen molar-refractivity contribution in [3.05, 3.63) is 34.2 Å². The van der Waals surface area contributed by atoms with E-state index in [0.29, 0.717) is 26.2 Å². The molecule has 1 aromatic rings. The van der Waals surface area contributed by atoms with Crippen LogP contribution >= 0.6 is 0 Å². The first kappa shape index (κ1) is 16.7. The molecule has 122 valence electrons. The minimum Gasteiger partial charge on any atom is -0.379 e. The molecule has 0 aromatic carbocycles. The van der Waals surface area contributed by atoms with E-state index in [4.69, 9.17) is 9.47 Å². The number of carbonyl (C=O) groups is 1. The Labute approximate surface area is 129 Å². The van der Waals surface area contributed by atoms with Crippen molar-refractivity contribution in [2.75, 3.05) is 40.5 Å². The molecule has 2 heterocycles. The van der Waals surface area contributed by atoms with Crippen molar-refractivity contribution in [3.8, 4) is 0 Å². The van der Waals surface area contributed by atoms with Crippen molar-refractivity contribution in [1.82, 2.24) is 15.2 Å². The highest BCUT2D eigenvalue weighted by atomic mass is 16.5. The molecule has 22 heavy (non-hydrogen) atoms. The van der Waals surface area contributed by atoms with E-state index in [1.807, 2.05) is 19.0 Å². The number of nitrogens with zero attached hydrogens (tertiary/aromatic N) is 1. The van der Waals surface area contributed by atoms with Crippen LogP contribution in [0.15, 0.2) is 23.1 Å². The standard InChI is InChI=1S/C15H23N3O4/c1-18(2)7-9-22-13-10-21-8-5-12(13)17-15(20)11-4-3-6-16-14(11)19/h3-4,6,12-13H,5,7-10H2,1-2H3,(H,16,19)(H,17,20)/t12-,13-/m1/s1. The monoisotopic (exact) mass is 309 g/mol. The zero-order valence-corrected chi connectivity index (χ0v) is 13.0. The van der Waals surface area contributed by atoms with Crippen LogP contribution in [-0.4, -0.2) is 68.4 Å². The lowest BCUT2D eigenvalue weighted by atomic mass is 10.1. The fourth-order valence-corrected chi connectivity index (χ4v) is 2.27. The number of pyridine rings is 1. The maximum Gasteiger partial charge on any atom is 0.260 e. The summed E-state index contributed by atoms with van der Waals surface area (Å²) in [4.78, 5) is 28.4. The van der Waals surface area contributed by atoms with E-state index in [-0.39, 0.29) is 23.6 Å². The SMILES string of the molecule is CN(C)CCO[C@@H]1COCC[C@H]1NC(=O)c1ccc[nH]c1=O. The molecule has 7 nitrogen and oxygen atoms in total. The van der Waals surface area contributed by atoms with Crippen LogP contribution < -0.4 is 10.9 Å². The molecule has 2 rings (SSSR count). The van der Waals surface area contributed by atoms with E-state index in [0.717, 1.165) is 6.54 Å². The van der Waals surface area contributed by atoms with Gasteiger partial charge < -0.3 is 24.7 Å². The van der Waals surface area contributed by atoms with Gasteiger partial charge in [0.05, 0.1) is 19.3 Å². The number of carbonyl (C=O) groups excluding carboxylic acids is 1. The van der Waals surface area contributed by atoms with Gasteiger partial charge in [0.1, 0.15) is 11.7 Å². The first-order valence-electron chi connectivity index (χ1n) is 7.40. The fourth-order valence-electron chi connectivity index (χ4n) is 2.27. The Bertz CT molecular complexity index is 544. The molecule has 1 saturated heterocycles. The van der Waals surface area contributed by atoms with E-state index in [1.54, 1.807) is 6.07 Å². The molecular weight excluding hydrogens is 286 g/mol. The number of H-pyrrole nitrogens is 1. The van der Waals surface area contributed by atoms with Crippen molar-refractivity contribution in [1.29, 1.82) is 0 Å². The van der Waals surface area contributed by atoms with E-state index in [9.17, 15) is 9.59 Å². The molecule has 0 unspecified atom stereocenters. The number of hydrogen-bond donors (Lipinski definition) is 2. The number of nitrogens with one attached hydrogen (secondary N) is 2. The molecule has 2 atom stereocenters.